The van der Waals surface area contributed by atoms with E-state index >= 15 is 0 Å². The summed E-state index contributed by atoms with van der Waals surface area (Å²) in [7, 11) is 0. The molecule has 6 heteroatoms. The summed E-state index contributed by atoms with van der Waals surface area (Å²) in [5, 5.41) is 2.24. The summed E-state index contributed by atoms with van der Waals surface area (Å²) in [6.07, 6.45) is 5.46. The van der Waals surface area contributed by atoms with Gasteiger partial charge in [0, 0.05) is 61.4 Å². The number of aromatic nitrogens is 4. The van der Waals surface area contributed by atoms with Crippen molar-refractivity contribution in [2.75, 3.05) is 0 Å². The number of nitrogens with zero attached hydrogens (tertiary/aromatic N) is 4. The molecule has 0 amide bonds. The lowest BCUT2D eigenvalue weighted by Gasteiger charge is -2.43. The summed E-state index contributed by atoms with van der Waals surface area (Å²) in [5.41, 5.74) is 17.0. The van der Waals surface area contributed by atoms with E-state index < -0.39 is 5.41 Å². The van der Waals surface area contributed by atoms with Crippen molar-refractivity contribution >= 4 is 33.7 Å². The molecule has 1 unspecified atom stereocenters. The van der Waals surface area contributed by atoms with E-state index in [0.29, 0.717) is 5.82 Å². The number of furan rings is 1. The molecular formula is C57H34N4OS. The number of pyridine rings is 2. The first-order chi connectivity index (χ1) is 31.2. The van der Waals surface area contributed by atoms with E-state index in [4.69, 9.17) is 19.4 Å². The van der Waals surface area contributed by atoms with Gasteiger partial charge in [0.25, 0.3) is 0 Å². The van der Waals surface area contributed by atoms with Crippen molar-refractivity contribution in [2.24, 2.45) is 0 Å². The molecule has 4 aromatic heterocycles. The summed E-state index contributed by atoms with van der Waals surface area (Å²) >= 11 is 1.84. The van der Waals surface area contributed by atoms with Crippen molar-refractivity contribution in [3.63, 3.8) is 0 Å². The van der Waals surface area contributed by atoms with E-state index in [2.05, 4.69) is 163 Å². The maximum Gasteiger partial charge on any atom is 0.161 e. The standard InChI is InChI=1S/C57H34N4OS/c1-2-13-35(14-3-1)50-32-51(61-56(60-50)38-25-27-49(59-34-38)37-15-12-28-58-33-37)36-24-26-42-40-17-5-4-16-39(40)41-18-6-8-20-45(41)57(47(42)29-36)46-21-9-11-23-54(46)63-55-30-44-43-19-7-10-22-52(43)62-53(44)31-48(55)57/h1-34H. The zero-order chi connectivity index (χ0) is 41.5. The molecule has 0 fully saturated rings. The topological polar surface area (TPSA) is 64.7 Å². The number of fused-ring (bicyclic) bond motifs is 14. The second-order valence-corrected chi connectivity index (χ2v) is 17.2. The van der Waals surface area contributed by atoms with Gasteiger partial charge in [-0.1, -0.05) is 139 Å². The molecule has 0 radical (unpaired) electrons. The number of benzene rings is 7. The van der Waals surface area contributed by atoms with Crippen molar-refractivity contribution in [1.82, 2.24) is 19.9 Å². The lowest BCUT2D eigenvalue weighted by Crippen LogP contribution is -2.34. The third kappa shape index (κ3) is 5.51. The lowest BCUT2D eigenvalue weighted by molar-refractivity contribution is 0.660. The molecule has 11 aromatic rings. The van der Waals surface area contributed by atoms with Gasteiger partial charge in [-0.2, -0.15) is 0 Å². The van der Waals surface area contributed by atoms with Gasteiger partial charge in [-0.05, 0) is 105 Å². The predicted octanol–water partition coefficient (Wildman–Crippen LogP) is 14.3. The Kier molecular flexibility index (Phi) is 7.99. The van der Waals surface area contributed by atoms with E-state index in [0.717, 1.165) is 61.3 Å². The van der Waals surface area contributed by atoms with Gasteiger partial charge in [-0.25, -0.2) is 9.97 Å². The summed E-state index contributed by atoms with van der Waals surface area (Å²) in [4.78, 5) is 22.1. The Morgan fingerprint density at radius 2 is 1.10 bits per heavy atom. The molecule has 1 aliphatic heterocycles. The molecule has 5 heterocycles. The van der Waals surface area contributed by atoms with Crippen LogP contribution in [0.2, 0.25) is 0 Å². The molecule has 1 spiro atoms. The average Bonchev–Trinajstić information content (AvgIpc) is 3.68. The van der Waals surface area contributed by atoms with Crippen molar-refractivity contribution in [3.8, 4) is 67.4 Å². The molecular weight excluding hydrogens is 789 g/mol. The molecule has 13 rings (SSSR count). The van der Waals surface area contributed by atoms with Crippen molar-refractivity contribution in [1.29, 1.82) is 0 Å². The maximum absolute atomic E-state index is 6.71. The first-order valence-corrected chi connectivity index (χ1v) is 21.9. The number of hydrogen-bond acceptors (Lipinski definition) is 6. The molecule has 63 heavy (non-hydrogen) atoms. The van der Waals surface area contributed by atoms with Gasteiger partial charge in [0.2, 0.25) is 0 Å². The van der Waals surface area contributed by atoms with Crippen LogP contribution in [-0.2, 0) is 5.41 Å². The van der Waals surface area contributed by atoms with Crippen LogP contribution >= 0.6 is 11.8 Å². The molecule has 0 saturated heterocycles. The van der Waals surface area contributed by atoms with Gasteiger partial charge < -0.3 is 4.42 Å². The van der Waals surface area contributed by atoms with Gasteiger partial charge >= 0.3 is 0 Å². The Labute approximate surface area is 367 Å². The molecule has 0 saturated carbocycles. The van der Waals surface area contributed by atoms with E-state index in [1.165, 1.54) is 54.3 Å². The Hall–Kier alpha value is -7.93. The van der Waals surface area contributed by atoms with Crippen LogP contribution in [0.4, 0.5) is 0 Å². The Morgan fingerprint density at radius 3 is 1.90 bits per heavy atom. The zero-order valence-electron chi connectivity index (χ0n) is 33.7. The van der Waals surface area contributed by atoms with Crippen LogP contribution in [0, 0.1) is 0 Å². The SMILES string of the molecule is c1ccc(-c2cc(-c3ccc4c(c3)C3(c5ccccc5Sc5cc6c(cc53)oc3ccccc36)c3ccccc3-c3ccccc3-4)nc(-c3ccc(-c4cccnc4)nc3)n2)cc1. The van der Waals surface area contributed by atoms with Gasteiger partial charge in [-0.15, -0.1) is 0 Å². The van der Waals surface area contributed by atoms with Crippen LogP contribution in [0.1, 0.15) is 22.3 Å². The van der Waals surface area contributed by atoms with Crippen LogP contribution in [0.25, 0.3) is 89.4 Å². The largest absolute Gasteiger partial charge is 0.456 e. The van der Waals surface area contributed by atoms with Crippen molar-refractivity contribution in [3.05, 3.63) is 229 Å². The van der Waals surface area contributed by atoms with Crippen LogP contribution in [-0.4, -0.2) is 19.9 Å². The van der Waals surface area contributed by atoms with Gasteiger partial charge in [0.05, 0.1) is 22.5 Å². The van der Waals surface area contributed by atoms with E-state index in [1.54, 1.807) is 6.20 Å². The Bertz CT molecular complexity index is 3600. The van der Waals surface area contributed by atoms with Crippen molar-refractivity contribution in [2.45, 2.75) is 15.2 Å². The smallest absolute Gasteiger partial charge is 0.161 e. The number of rotatable bonds is 4. The quantitative estimate of drug-likeness (QED) is 0.176. The van der Waals surface area contributed by atoms with Crippen LogP contribution < -0.4 is 0 Å². The van der Waals surface area contributed by atoms with E-state index in [9.17, 15) is 0 Å². The summed E-state index contributed by atoms with van der Waals surface area (Å²) in [5.74, 6) is 0.606. The van der Waals surface area contributed by atoms with E-state index in [1.807, 2.05) is 54.5 Å². The molecule has 0 N–H and O–H groups in total. The van der Waals surface area contributed by atoms with Gasteiger partial charge in [-0.3, -0.25) is 9.97 Å². The highest BCUT2D eigenvalue weighted by Crippen LogP contribution is 2.62. The maximum atomic E-state index is 6.71. The number of para-hydroxylation sites is 1. The van der Waals surface area contributed by atoms with Crippen LogP contribution in [0.15, 0.2) is 221 Å². The molecule has 0 bridgehead atoms. The second kappa shape index (κ2) is 14.1. The molecule has 7 aromatic carbocycles. The fourth-order valence-corrected chi connectivity index (χ4v) is 11.1. The summed E-state index contributed by atoms with van der Waals surface area (Å²) in [6.45, 7) is 0. The lowest BCUT2D eigenvalue weighted by atomic mass is 9.63. The van der Waals surface area contributed by atoms with E-state index in [-0.39, 0.29) is 0 Å². The zero-order valence-corrected chi connectivity index (χ0v) is 34.6. The highest BCUT2D eigenvalue weighted by atomic mass is 32.2. The first kappa shape index (κ1) is 35.8. The summed E-state index contributed by atoms with van der Waals surface area (Å²) in [6, 6.07) is 67.3. The minimum absolute atomic E-state index is 0.606. The first-order valence-electron chi connectivity index (χ1n) is 21.1. The molecule has 1 aliphatic carbocycles. The van der Waals surface area contributed by atoms with Gasteiger partial charge in [0.1, 0.15) is 11.2 Å². The van der Waals surface area contributed by atoms with Gasteiger partial charge in [0.15, 0.2) is 5.82 Å². The van der Waals surface area contributed by atoms with Crippen LogP contribution in [0.3, 0.4) is 0 Å². The fourth-order valence-electron chi connectivity index (χ4n) is 9.92. The molecule has 2 aliphatic rings. The molecule has 294 valence electrons. The minimum atomic E-state index is -0.741. The van der Waals surface area contributed by atoms with Crippen molar-refractivity contribution < 1.29 is 4.42 Å². The summed E-state index contributed by atoms with van der Waals surface area (Å²) < 4.78 is 6.71. The predicted molar refractivity (Wildman–Crippen MR) is 254 cm³/mol. The normalized spacial score (nSPS) is 14.7. The minimum Gasteiger partial charge on any atom is -0.456 e. The second-order valence-electron chi connectivity index (χ2n) is 16.1. The molecule has 1 atom stereocenters. The third-order valence-electron chi connectivity index (χ3n) is 12.7. The third-order valence-corrected chi connectivity index (χ3v) is 13.9. The molecule has 5 nitrogen and oxygen atoms in total. The number of hydrogen-bond donors (Lipinski definition) is 0. The average molecular weight is 823 g/mol. The monoisotopic (exact) mass is 822 g/mol. The van der Waals surface area contributed by atoms with Crippen LogP contribution in [0.5, 0.6) is 0 Å². The highest BCUT2D eigenvalue weighted by molar-refractivity contribution is 7.99. The fraction of sp³-hybridized carbons (Fsp3) is 0.0175. The Morgan fingerprint density at radius 1 is 0.397 bits per heavy atom. The highest BCUT2D eigenvalue weighted by Gasteiger charge is 2.48. The Balaban J connectivity index is 1.11.